The molecule has 2 rings (SSSR count). The number of nitriles is 1. The molecule has 102 valence electrons. The summed E-state index contributed by atoms with van der Waals surface area (Å²) in [5.74, 6) is 0.294. The summed E-state index contributed by atoms with van der Waals surface area (Å²) in [4.78, 5) is 0. The Bertz CT molecular complexity index is 356. The third-order valence-corrected chi connectivity index (χ3v) is 9.39. The fourth-order valence-corrected chi connectivity index (χ4v) is 4.13. The molecule has 0 spiro atoms. The van der Waals surface area contributed by atoms with Crippen molar-refractivity contribution < 1.29 is 9.16 Å². The lowest BCUT2D eigenvalue weighted by molar-refractivity contribution is 0.0570. The van der Waals surface area contributed by atoms with Crippen LogP contribution >= 0.6 is 0 Å². The van der Waals surface area contributed by atoms with E-state index in [1.54, 1.807) is 0 Å². The molecule has 0 radical (unpaired) electrons. The lowest BCUT2D eigenvalue weighted by Gasteiger charge is -2.41. The molecule has 4 heteroatoms. The minimum atomic E-state index is -1.77. The molecule has 2 aliphatic heterocycles. The van der Waals surface area contributed by atoms with Crippen molar-refractivity contribution in [3.63, 3.8) is 0 Å². The molecule has 0 aromatic rings. The average Bonchev–Trinajstić information content (AvgIpc) is 2.79. The second-order valence-corrected chi connectivity index (χ2v) is 11.9. The molecule has 0 aliphatic carbocycles. The van der Waals surface area contributed by atoms with Gasteiger partial charge in [0.25, 0.3) is 0 Å². The minimum Gasteiger partial charge on any atom is -0.411 e. The monoisotopic (exact) mass is 267 g/mol. The van der Waals surface area contributed by atoms with E-state index in [1.165, 1.54) is 0 Å². The Morgan fingerprint density at radius 3 is 2.44 bits per heavy atom. The summed E-state index contributed by atoms with van der Waals surface area (Å²) in [6.07, 6.45) is 3.44. The van der Waals surface area contributed by atoms with E-state index in [1.807, 2.05) is 0 Å². The normalized spacial score (nSPS) is 35.8. The van der Waals surface area contributed by atoms with Gasteiger partial charge in [-0.05, 0) is 31.0 Å². The molecule has 3 nitrogen and oxygen atoms in total. The molecule has 0 aromatic heterocycles. The Morgan fingerprint density at radius 2 is 1.89 bits per heavy atom. The highest BCUT2D eigenvalue weighted by Gasteiger charge is 2.52. The van der Waals surface area contributed by atoms with Crippen LogP contribution in [0.5, 0.6) is 0 Å². The van der Waals surface area contributed by atoms with E-state index in [-0.39, 0.29) is 23.4 Å². The standard InChI is InChI=1S/C14H25NO2Si/c1-14(2,3)18(4,5)17-13-10(8-9-15)11-6-7-12(13)16-11/h10-13H,6-8H2,1-5H3/t10-,11+,12-,13-/m0/s1. The van der Waals surface area contributed by atoms with E-state index < -0.39 is 8.32 Å². The summed E-state index contributed by atoms with van der Waals surface area (Å²) in [5.41, 5.74) is 0. The van der Waals surface area contributed by atoms with Gasteiger partial charge in [0.05, 0.1) is 24.4 Å². The van der Waals surface area contributed by atoms with Crippen molar-refractivity contribution in [1.29, 1.82) is 5.26 Å². The van der Waals surface area contributed by atoms with E-state index in [0.717, 1.165) is 12.8 Å². The molecule has 2 fully saturated rings. The summed E-state index contributed by atoms with van der Waals surface area (Å²) in [7, 11) is -1.77. The van der Waals surface area contributed by atoms with Crippen LogP contribution in [0.2, 0.25) is 18.1 Å². The van der Waals surface area contributed by atoms with Gasteiger partial charge in [-0.2, -0.15) is 5.26 Å². The summed E-state index contributed by atoms with van der Waals surface area (Å²) in [6.45, 7) is 11.3. The van der Waals surface area contributed by atoms with Gasteiger partial charge < -0.3 is 9.16 Å². The number of rotatable bonds is 3. The van der Waals surface area contributed by atoms with E-state index in [4.69, 9.17) is 14.4 Å². The maximum absolute atomic E-state index is 8.98. The van der Waals surface area contributed by atoms with E-state index in [0.29, 0.717) is 12.3 Å². The fraction of sp³-hybridized carbons (Fsp3) is 0.929. The van der Waals surface area contributed by atoms with E-state index >= 15 is 0 Å². The molecular formula is C14H25NO2Si. The van der Waals surface area contributed by atoms with Crippen molar-refractivity contribution in [2.75, 3.05) is 0 Å². The molecule has 18 heavy (non-hydrogen) atoms. The molecular weight excluding hydrogens is 242 g/mol. The number of ether oxygens (including phenoxy) is 1. The largest absolute Gasteiger partial charge is 0.411 e. The Hall–Kier alpha value is -0.373. The zero-order valence-electron chi connectivity index (χ0n) is 12.2. The fourth-order valence-electron chi connectivity index (χ4n) is 2.77. The van der Waals surface area contributed by atoms with Crippen LogP contribution in [-0.4, -0.2) is 26.6 Å². The van der Waals surface area contributed by atoms with Crippen LogP contribution in [-0.2, 0) is 9.16 Å². The molecule has 2 bridgehead atoms. The summed E-state index contributed by atoms with van der Waals surface area (Å²) in [6, 6.07) is 2.30. The molecule has 0 unspecified atom stereocenters. The highest BCUT2D eigenvalue weighted by Crippen LogP contribution is 2.46. The van der Waals surface area contributed by atoms with Gasteiger partial charge in [0.1, 0.15) is 0 Å². The lowest BCUT2D eigenvalue weighted by Crippen LogP contribution is -2.48. The number of fused-ring (bicyclic) bond motifs is 2. The highest BCUT2D eigenvalue weighted by atomic mass is 28.4. The average molecular weight is 267 g/mol. The third kappa shape index (κ3) is 2.36. The number of hydrogen-bond donors (Lipinski definition) is 0. The van der Waals surface area contributed by atoms with Crippen LogP contribution in [0.25, 0.3) is 0 Å². The second-order valence-electron chi connectivity index (χ2n) is 7.16. The van der Waals surface area contributed by atoms with Gasteiger partial charge in [-0.15, -0.1) is 0 Å². The zero-order chi connectivity index (χ0) is 13.6. The first kappa shape index (κ1) is 14.0. The second kappa shape index (κ2) is 4.63. The predicted molar refractivity (Wildman–Crippen MR) is 73.7 cm³/mol. The molecule has 0 N–H and O–H groups in total. The van der Waals surface area contributed by atoms with Crippen LogP contribution in [0.4, 0.5) is 0 Å². The zero-order valence-corrected chi connectivity index (χ0v) is 13.2. The predicted octanol–water partition coefficient (Wildman–Crippen LogP) is 3.47. The first-order chi connectivity index (χ1) is 8.26. The van der Waals surface area contributed by atoms with Gasteiger partial charge in [-0.25, -0.2) is 0 Å². The molecule has 2 saturated heterocycles. The van der Waals surface area contributed by atoms with Crippen LogP contribution in [0, 0.1) is 17.2 Å². The van der Waals surface area contributed by atoms with E-state index in [9.17, 15) is 0 Å². The van der Waals surface area contributed by atoms with Gasteiger partial charge in [0.2, 0.25) is 0 Å². The van der Waals surface area contributed by atoms with Crippen LogP contribution in [0.15, 0.2) is 0 Å². The van der Waals surface area contributed by atoms with Crippen LogP contribution in [0.3, 0.4) is 0 Å². The third-order valence-electron chi connectivity index (χ3n) is 4.92. The Labute approximate surface area is 112 Å². The molecule has 0 saturated carbocycles. The quantitative estimate of drug-likeness (QED) is 0.735. The topological polar surface area (TPSA) is 42.2 Å². The maximum atomic E-state index is 8.98. The van der Waals surface area contributed by atoms with Crippen LogP contribution < -0.4 is 0 Å². The maximum Gasteiger partial charge on any atom is 0.192 e. The Balaban J connectivity index is 2.11. The van der Waals surface area contributed by atoms with Crippen molar-refractivity contribution in [2.24, 2.45) is 5.92 Å². The van der Waals surface area contributed by atoms with Crippen molar-refractivity contribution in [2.45, 2.75) is 76.5 Å². The number of hydrogen-bond acceptors (Lipinski definition) is 3. The highest BCUT2D eigenvalue weighted by molar-refractivity contribution is 6.74. The Kier molecular flexibility index (Phi) is 3.61. The summed E-state index contributed by atoms with van der Waals surface area (Å²) >= 11 is 0. The first-order valence-corrected chi connectivity index (χ1v) is 9.87. The smallest absolute Gasteiger partial charge is 0.192 e. The lowest BCUT2D eigenvalue weighted by atomic mass is 9.85. The van der Waals surface area contributed by atoms with E-state index in [2.05, 4.69) is 39.9 Å². The minimum absolute atomic E-state index is 0.157. The van der Waals surface area contributed by atoms with Crippen LogP contribution in [0.1, 0.15) is 40.0 Å². The first-order valence-electron chi connectivity index (χ1n) is 6.96. The van der Waals surface area contributed by atoms with Gasteiger partial charge >= 0.3 is 0 Å². The SMILES string of the molecule is CC(C)(C)[Si](C)(C)O[C@H]1[C@@H](CC#N)[C@H]2CC[C@@H]1O2. The van der Waals surface area contributed by atoms with Gasteiger partial charge in [-0.1, -0.05) is 20.8 Å². The van der Waals surface area contributed by atoms with Gasteiger partial charge in [-0.3, -0.25) is 0 Å². The molecule has 0 amide bonds. The molecule has 4 atom stereocenters. The number of nitrogens with zero attached hydrogens (tertiary/aromatic N) is 1. The summed E-state index contributed by atoms with van der Waals surface area (Å²) < 4.78 is 12.5. The van der Waals surface area contributed by atoms with Crippen molar-refractivity contribution in [3.8, 4) is 6.07 Å². The van der Waals surface area contributed by atoms with Crippen molar-refractivity contribution in [1.82, 2.24) is 0 Å². The van der Waals surface area contributed by atoms with Crippen molar-refractivity contribution >= 4 is 8.32 Å². The van der Waals surface area contributed by atoms with Crippen molar-refractivity contribution in [3.05, 3.63) is 0 Å². The molecule has 2 heterocycles. The summed E-state index contributed by atoms with van der Waals surface area (Å²) in [5, 5.41) is 9.20. The van der Waals surface area contributed by atoms with Gasteiger partial charge in [0.15, 0.2) is 8.32 Å². The van der Waals surface area contributed by atoms with Gasteiger partial charge in [0, 0.05) is 12.3 Å². The molecule has 2 aliphatic rings. The molecule has 0 aromatic carbocycles. The Morgan fingerprint density at radius 1 is 1.28 bits per heavy atom.